The van der Waals surface area contributed by atoms with E-state index in [0.717, 1.165) is 18.0 Å². The Morgan fingerprint density at radius 1 is 1.14 bits per heavy atom. The summed E-state index contributed by atoms with van der Waals surface area (Å²) in [5, 5.41) is 5.48. The zero-order chi connectivity index (χ0) is 20.6. The van der Waals surface area contributed by atoms with Crippen LogP contribution in [0.1, 0.15) is 58.1 Å². The normalized spacial score (nSPS) is 17.8. The third-order valence-corrected chi connectivity index (χ3v) is 4.68. The quantitative estimate of drug-likeness (QED) is 0.749. The molecule has 1 heterocycles. The van der Waals surface area contributed by atoms with Gasteiger partial charge in [-0.25, -0.2) is 4.79 Å². The van der Waals surface area contributed by atoms with E-state index in [-0.39, 0.29) is 18.9 Å². The molecule has 6 nitrogen and oxygen atoms in total. The van der Waals surface area contributed by atoms with Crippen LogP contribution in [0.2, 0.25) is 0 Å². The number of nitrogens with zero attached hydrogens (tertiary/aromatic N) is 1. The number of nitrogens with one attached hydrogen (secondary N) is 2. The standard InChI is InChI=1S/C22H35N3O3/c1-17-6-5-13-25(15-17)16-19-9-7-18(8-10-19)14-24-20(26)11-12-23-21(27)28-22(2,3)4/h7-10,17H,5-6,11-16H2,1-4H3,(H,23,27)(H,24,26)/t17-/m0/s1. The minimum Gasteiger partial charge on any atom is -0.444 e. The monoisotopic (exact) mass is 389 g/mol. The van der Waals surface area contributed by atoms with E-state index in [4.69, 9.17) is 4.74 Å². The van der Waals surface area contributed by atoms with Crippen molar-refractivity contribution in [2.24, 2.45) is 5.92 Å². The highest BCUT2D eigenvalue weighted by Gasteiger charge is 2.17. The Morgan fingerprint density at radius 2 is 1.82 bits per heavy atom. The number of hydrogen-bond acceptors (Lipinski definition) is 4. The van der Waals surface area contributed by atoms with Gasteiger partial charge < -0.3 is 15.4 Å². The van der Waals surface area contributed by atoms with Gasteiger partial charge in [0.25, 0.3) is 0 Å². The molecular weight excluding hydrogens is 354 g/mol. The summed E-state index contributed by atoms with van der Waals surface area (Å²) in [7, 11) is 0. The first kappa shape index (κ1) is 22.2. The molecule has 2 N–H and O–H groups in total. The molecule has 0 aromatic heterocycles. The van der Waals surface area contributed by atoms with Gasteiger partial charge in [0.2, 0.25) is 5.91 Å². The maximum atomic E-state index is 11.9. The van der Waals surface area contributed by atoms with Gasteiger partial charge in [-0.1, -0.05) is 31.2 Å². The van der Waals surface area contributed by atoms with Crippen LogP contribution in [0.5, 0.6) is 0 Å². The first-order valence-corrected chi connectivity index (χ1v) is 10.2. The predicted octanol–water partition coefficient (Wildman–Crippen LogP) is 3.45. The van der Waals surface area contributed by atoms with E-state index in [9.17, 15) is 9.59 Å². The predicted molar refractivity (Wildman–Crippen MR) is 111 cm³/mol. The van der Waals surface area contributed by atoms with Gasteiger partial charge in [0, 0.05) is 32.6 Å². The molecule has 2 rings (SSSR count). The maximum Gasteiger partial charge on any atom is 0.407 e. The van der Waals surface area contributed by atoms with Crippen LogP contribution in [0.3, 0.4) is 0 Å². The number of hydrogen-bond donors (Lipinski definition) is 2. The molecule has 1 fully saturated rings. The fourth-order valence-corrected chi connectivity index (χ4v) is 3.33. The summed E-state index contributed by atoms with van der Waals surface area (Å²) in [6.07, 6.45) is 2.35. The van der Waals surface area contributed by atoms with E-state index in [1.165, 1.54) is 31.5 Å². The molecule has 0 bridgehead atoms. The van der Waals surface area contributed by atoms with Crippen LogP contribution in [0.25, 0.3) is 0 Å². The van der Waals surface area contributed by atoms with Crippen LogP contribution in [-0.4, -0.2) is 42.1 Å². The second-order valence-electron chi connectivity index (χ2n) is 8.75. The van der Waals surface area contributed by atoms with E-state index in [1.54, 1.807) is 20.8 Å². The SMILES string of the molecule is C[C@H]1CCCN(Cc2ccc(CNC(=O)CCNC(=O)OC(C)(C)C)cc2)C1. The Morgan fingerprint density at radius 3 is 2.46 bits per heavy atom. The first-order valence-electron chi connectivity index (χ1n) is 10.2. The van der Waals surface area contributed by atoms with Gasteiger partial charge in [0.15, 0.2) is 0 Å². The summed E-state index contributed by atoms with van der Waals surface area (Å²) in [6, 6.07) is 8.43. The van der Waals surface area contributed by atoms with E-state index in [0.29, 0.717) is 6.54 Å². The summed E-state index contributed by atoms with van der Waals surface area (Å²) >= 11 is 0. The Bertz CT molecular complexity index is 637. The topological polar surface area (TPSA) is 70.7 Å². The molecule has 0 radical (unpaired) electrons. The number of carbonyl (C=O) groups excluding carboxylic acids is 2. The number of rotatable bonds is 7. The summed E-state index contributed by atoms with van der Waals surface area (Å²) in [4.78, 5) is 26.0. The van der Waals surface area contributed by atoms with Crippen molar-refractivity contribution in [3.63, 3.8) is 0 Å². The average molecular weight is 390 g/mol. The van der Waals surface area contributed by atoms with Crippen LogP contribution in [0.15, 0.2) is 24.3 Å². The third-order valence-electron chi connectivity index (χ3n) is 4.68. The Kier molecular flexibility index (Phi) is 8.30. The molecule has 0 unspecified atom stereocenters. The summed E-state index contributed by atoms with van der Waals surface area (Å²) < 4.78 is 5.14. The number of carbonyl (C=O) groups is 2. The van der Waals surface area contributed by atoms with Crippen LogP contribution in [0.4, 0.5) is 4.79 Å². The second kappa shape index (κ2) is 10.5. The van der Waals surface area contributed by atoms with Crippen molar-refractivity contribution in [1.29, 1.82) is 0 Å². The molecule has 0 saturated carbocycles. The van der Waals surface area contributed by atoms with E-state index < -0.39 is 11.7 Å². The fourth-order valence-electron chi connectivity index (χ4n) is 3.33. The molecule has 1 atom stereocenters. The van der Waals surface area contributed by atoms with Crippen molar-refractivity contribution in [2.45, 2.75) is 65.6 Å². The molecule has 0 aliphatic carbocycles. The summed E-state index contributed by atoms with van der Waals surface area (Å²) in [5.74, 6) is 0.690. The molecule has 156 valence electrons. The van der Waals surface area contributed by atoms with E-state index in [2.05, 4.69) is 46.7 Å². The van der Waals surface area contributed by atoms with Crippen molar-refractivity contribution in [1.82, 2.24) is 15.5 Å². The Hall–Kier alpha value is -2.08. The van der Waals surface area contributed by atoms with Gasteiger partial charge >= 0.3 is 6.09 Å². The zero-order valence-corrected chi connectivity index (χ0v) is 17.7. The molecule has 1 aromatic rings. The van der Waals surface area contributed by atoms with Crippen molar-refractivity contribution >= 4 is 12.0 Å². The lowest BCUT2D eigenvalue weighted by molar-refractivity contribution is -0.121. The van der Waals surface area contributed by atoms with E-state index in [1.807, 2.05) is 0 Å². The number of ether oxygens (including phenoxy) is 1. The van der Waals surface area contributed by atoms with E-state index >= 15 is 0 Å². The third kappa shape index (κ3) is 8.74. The fraction of sp³-hybridized carbons (Fsp3) is 0.636. The van der Waals surface area contributed by atoms with Crippen LogP contribution < -0.4 is 10.6 Å². The van der Waals surface area contributed by atoms with Gasteiger partial charge in [-0.05, 0) is 57.2 Å². The zero-order valence-electron chi connectivity index (χ0n) is 17.7. The summed E-state index contributed by atoms with van der Waals surface area (Å²) in [5.41, 5.74) is 1.85. The molecular formula is C22H35N3O3. The van der Waals surface area contributed by atoms with Crippen molar-refractivity contribution in [3.8, 4) is 0 Å². The minimum atomic E-state index is -0.537. The maximum absolute atomic E-state index is 11.9. The number of alkyl carbamates (subject to hydrolysis) is 1. The average Bonchev–Trinajstić information content (AvgIpc) is 2.59. The van der Waals surface area contributed by atoms with Crippen molar-refractivity contribution < 1.29 is 14.3 Å². The van der Waals surface area contributed by atoms with Gasteiger partial charge in [0.1, 0.15) is 5.60 Å². The molecule has 1 aromatic carbocycles. The lowest BCUT2D eigenvalue weighted by Gasteiger charge is -2.30. The lowest BCUT2D eigenvalue weighted by Crippen LogP contribution is -2.35. The smallest absolute Gasteiger partial charge is 0.407 e. The highest BCUT2D eigenvalue weighted by atomic mass is 16.6. The lowest BCUT2D eigenvalue weighted by atomic mass is 9.99. The second-order valence-corrected chi connectivity index (χ2v) is 8.75. The highest BCUT2D eigenvalue weighted by molar-refractivity contribution is 5.77. The van der Waals surface area contributed by atoms with Gasteiger partial charge in [-0.3, -0.25) is 9.69 Å². The molecule has 2 amide bonds. The number of amides is 2. The van der Waals surface area contributed by atoms with Crippen LogP contribution >= 0.6 is 0 Å². The van der Waals surface area contributed by atoms with Gasteiger partial charge in [-0.15, -0.1) is 0 Å². The number of piperidine rings is 1. The summed E-state index contributed by atoms with van der Waals surface area (Å²) in [6.45, 7) is 11.8. The van der Waals surface area contributed by atoms with Gasteiger partial charge in [0.05, 0.1) is 0 Å². The Balaban J connectivity index is 1.65. The number of likely N-dealkylation sites (tertiary alicyclic amines) is 1. The van der Waals surface area contributed by atoms with Crippen molar-refractivity contribution in [2.75, 3.05) is 19.6 Å². The van der Waals surface area contributed by atoms with Gasteiger partial charge in [-0.2, -0.15) is 0 Å². The van der Waals surface area contributed by atoms with Crippen LogP contribution in [0, 0.1) is 5.92 Å². The molecule has 1 aliphatic rings. The first-order chi connectivity index (χ1) is 13.2. The molecule has 1 saturated heterocycles. The van der Waals surface area contributed by atoms with Crippen molar-refractivity contribution in [3.05, 3.63) is 35.4 Å². The molecule has 28 heavy (non-hydrogen) atoms. The number of benzene rings is 1. The largest absolute Gasteiger partial charge is 0.444 e. The molecule has 0 spiro atoms. The van der Waals surface area contributed by atoms with Crippen LogP contribution in [-0.2, 0) is 22.6 Å². The highest BCUT2D eigenvalue weighted by Crippen LogP contribution is 2.18. The Labute approximate surface area is 169 Å². The molecule has 6 heteroatoms. The molecule has 1 aliphatic heterocycles. The minimum absolute atomic E-state index is 0.0950.